The molecule has 1 rings (SSSR count). The van der Waals surface area contributed by atoms with Gasteiger partial charge in [-0.25, -0.2) is 0 Å². The molecule has 4 heteroatoms. The summed E-state index contributed by atoms with van der Waals surface area (Å²) in [5.74, 6) is 0.0926. The summed E-state index contributed by atoms with van der Waals surface area (Å²) in [6.45, 7) is 1.53. The normalized spacial score (nSPS) is 26.2. The Morgan fingerprint density at radius 1 is 1.46 bits per heavy atom. The molecule has 0 aromatic rings. The Morgan fingerprint density at radius 2 is 1.92 bits per heavy atom. The topological polar surface area (TPSA) is 66.6 Å². The summed E-state index contributed by atoms with van der Waals surface area (Å²) in [6.07, 6.45) is 2.61. The first-order chi connectivity index (χ1) is 5.93. The highest BCUT2D eigenvalue weighted by atomic mass is 16.3. The molecule has 0 bridgehead atoms. The maximum atomic E-state index is 10.1. The summed E-state index contributed by atoms with van der Waals surface area (Å²) >= 11 is 0. The summed E-state index contributed by atoms with van der Waals surface area (Å²) < 4.78 is 0. The van der Waals surface area contributed by atoms with Gasteiger partial charge < -0.3 is 15.7 Å². The predicted molar refractivity (Wildman–Crippen MR) is 52.2 cm³/mol. The molecule has 78 valence electrons. The van der Waals surface area contributed by atoms with Crippen molar-refractivity contribution in [3.63, 3.8) is 0 Å². The molecule has 0 aromatic carbocycles. The molecule has 0 aliphatic heterocycles. The van der Waals surface area contributed by atoms with E-state index in [1.165, 1.54) is 11.8 Å². The van der Waals surface area contributed by atoms with Gasteiger partial charge in [0.15, 0.2) is 0 Å². The largest absolute Gasteiger partial charge is 0.393 e. The Morgan fingerprint density at radius 3 is 2.00 bits per heavy atom. The van der Waals surface area contributed by atoms with Gasteiger partial charge in [-0.1, -0.05) is 0 Å². The first kappa shape index (κ1) is 12.4. The number of carbonyl (C=O) groups excluding carboxylic acids is 1. The van der Waals surface area contributed by atoms with Crippen LogP contribution in [0, 0.1) is 0 Å². The number of nitrogens with zero attached hydrogens (tertiary/aromatic N) is 1. The van der Waals surface area contributed by atoms with Gasteiger partial charge in [0.2, 0.25) is 5.91 Å². The summed E-state index contributed by atoms with van der Waals surface area (Å²) in [5, 5.41) is 8.82. The average Bonchev–Trinajstić information content (AvgIpc) is 2.35. The number of amides is 1. The molecule has 0 radical (unpaired) electrons. The molecule has 1 aliphatic rings. The number of hydrogen-bond acceptors (Lipinski definition) is 3. The minimum Gasteiger partial charge on any atom is -0.393 e. The van der Waals surface area contributed by atoms with Crippen molar-refractivity contribution >= 4 is 5.91 Å². The SMILES string of the molecule is CC(=O)N(C)C.NC1CCC(O)C1. The lowest BCUT2D eigenvalue weighted by atomic mass is 10.3. The Labute approximate surface area is 79.7 Å². The van der Waals surface area contributed by atoms with Crippen LogP contribution in [0.4, 0.5) is 0 Å². The molecule has 13 heavy (non-hydrogen) atoms. The van der Waals surface area contributed by atoms with Gasteiger partial charge in [-0.15, -0.1) is 0 Å². The van der Waals surface area contributed by atoms with E-state index in [0.717, 1.165) is 19.3 Å². The van der Waals surface area contributed by atoms with Gasteiger partial charge in [-0.3, -0.25) is 4.79 Å². The lowest BCUT2D eigenvalue weighted by Gasteiger charge is -2.02. The van der Waals surface area contributed by atoms with Gasteiger partial charge in [-0.2, -0.15) is 0 Å². The number of aliphatic hydroxyl groups is 1. The maximum absolute atomic E-state index is 10.1. The van der Waals surface area contributed by atoms with Crippen LogP contribution in [0.25, 0.3) is 0 Å². The second kappa shape index (κ2) is 5.94. The molecule has 0 saturated heterocycles. The van der Waals surface area contributed by atoms with Gasteiger partial charge in [0.1, 0.15) is 0 Å². The third-order valence-electron chi connectivity index (χ3n) is 2.08. The van der Waals surface area contributed by atoms with Crippen LogP contribution in [0.1, 0.15) is 26.2 Å². The Hall–Kier alpha value is -0.610. The van der Waals surface area contributed by atoms with E-state index in [0.29, 0.717) is 0 Å². The fourth-order valence-corrected chi connectivity index (χ4v) is 0.992. The quantitative estimate of drug-likeness (QED) is 0.560. The third-order valence-corrected chi connectivity index (χ3v) is 2.08. The van der Waals surface area contributed by atoms with E-state index in [1.54, 1.807) is 14.1 Å². The van der Waals surface area contributed by atoms with E-state index < -0.39 is 0 Å². The molecule has 1 saturated carbocycles. The highest BCUT2D eigenvalue weighted by molar-refractivity contribution is 5.72. The van der Waals surface area contributed by atoms with Crippen molar-refractivity contribution in [3.05, 3.63) is 0 Å². The van der Waals surface area contributed by atoms with Crippen molar-refractivity contribution < 1.29 is 9.90 Å². The first-order valence-electron chi connectivity index (χ1n) is 4.55. The standard InChI is InChI=1S/C5H11NO.C4H9NO/c6-4-1-2-5(7)3-4;1-4(6)5(2)3/h4-5,7H,1-3,6H2;1-3H3. The van der Waals surface area contributed by atoms with Crippen LogP contribution in [-0.2, 0) is 4.79 Å². The van der Waals surface area contributed by atoms with Crippen LogP contribution in [0.5, 0.6) is 0 Å². The zero-order valence-corrected chi connectivity index (χ0v) is 8.66. The molecular weight excluding hydrogens is 168 g/mol. The third kappa shape index (κ3) is 6.54. The van der Waals surface area contributed by atoms with Gasteiger partial charge in [0.25, 0.3) is 0 Å². The maximum Gasteiger partial charge on any atom is 0.218 e. The highest BCUT2D eigenvalue weighted by Gasteiger charge is 2.18. The van der Waals surface area contributed by atoms with Crippen LogP contribution in [0.3, 0.4) is 0 Å². The van der Waals surface area contributed by atoms with Crippen LogP contribution < -0.4 is 5.73 Å². The highest BCUT2D eigenvalue weighted by Crippen LogP contribution is 2.15. The second-order valence-corrected chi connectivity index (χ2v) is 3.64. The van der Waals surface area contributed by atoms with Crippen molar-refractivity contribution in [1.29, 1.82) is 0 Å². The number of rotatable bonds is 0. The van der Waals surface area contributed by atoms with Gasteiger partial charge in [-0.05, 0) is 19.3 Å². The number of hydrogen-bond donors (Lipinski definition) is 2. The number of nitrogens with two attached hydrogens (primary N) is 1. The zero-order valence-electron chi connectivity index (χ0n) is 8.66. The fraction of sp³-hybridized carbons (Fsp3) is 0.889. The molecule has 0 spiro atoms. The van der Waals surface area contributed by atoms with Crippen LogP contribution in [-0.4, -0.2) is 42.2 Å². The molecule has 1 aliphatic carbocycles. The number of carbonyl (C=O) groups is 1. The van der Waals surface area contributed by atoms with Gasteiger partial charge in [0.05, 0.1) is 6.10 Å². The molecule has 1 fully saturated rings. The van der Waals surface area contributed by atoms with E-state index in [9.17, 15) is 4.79 Å². The number of aliphatic hydroxyl groups excluding tert-OH is 1. The van der Waals surface area contributed by atoms with Crippen molar-refractivity contribution in [2.45, 2.75) is 38.3 Å². The molecule has 4 nitrogen and oxygen atoms in total. The first-order valence-corrected chi connectivity index (χ1v) is 4.55. The van der Waals surface area contributed by atoms with Crippen molar-refractivity contribution in [2.75, 3.05) is 14.1 Å². The molecule has 0 heterocycles. The van der Waals surface area contributed by atoms with Crippen LogP contribution >= 0.6 is 0 Å². The smallest absolute Gasteiger partial charge is 0.218 e. The summed E-state index contributed by atoms with van der Waals surface area (Å²) in [4.78, 5) is 11.6. The zero-order chi connectivity index (χ0) is 10.4. The van der Waals surface area contributed by atoms with E-state index in [-0.39, 0.29) is 18.1 Å². The van der Waals surface area contributed by atoms with Gasteiger partial charge in [0, 0.05) is 27.1 Å². The molecule has 2 unspecified atom stereocenters. The van der Waals surface area contributed by atoms with Crippen molar-refractivity contribution in [3.8, 4) is 0 Å². The van der Waals surface area contributed by atoms with E-state index in [4.69, 9.17) is 10.8 Å². The molecular formula is C9H20N2O2. The Kier molecular flexibility index (Phi) is 5.66. The Bertz CT molecular complexity index is 152. The molecule has 3 N–H and O–H groups in total. The van der Waals surface area contributed by atoms with E-state index >= 15 is 0 Å². The van der Waals surface area contributed by atoms with E-state index in [2.05, 4.69) is 0 Å². The second-order valence-electron chi connectivity index (χ2n) is 3.64. The molecule has 2 atom stereocenters. The lowest BCUT2D eigenvalue weighted by molar-refractivity contribution is -0.126. The summed E-state index contributed by atoms with van der Waals surface area (Å²) in [6, 6.07) is 0.273. The fourth-order valence-electron chi connectivity index (χ4n) is 0.992. The monoisotopic (exact) mass is 188 g/mol. The summed E-state index contributed by atoms with van der Waals surface area (Å²) in [7, 11) is 3.45. The van der Waals surface area contributed by atoms with E-state index in [1.807, 2.05) is 0 Å². The predicted octanol–water partition coefficient (Wildman–Crippen LogP) is -0.0470. The minimum absolute atomic E-state index is 0.0926. The Balaban J connectivity index is 0.000000226. The molecule has 1 amide bonds. The minimum atomic E-state index is -0.102. The average molecular weight is 188 g/mol. The van der Waals surface area contributed by atoms with Crippen molar-refractivity contribution in [2.24, 2.45) is 5.73 Å². The summed E-state index contributed by atoms with van der Waals surface area (Å²) in [5.41, 5.74) is 5.47. The van der Waals surface area contributed by atoms with Crippen molar-refractivity contribution in [1.82, 2.24) is 4.90 Å². The van der Waals surface area contributed by atoms with Crippen LogP contribution in [0.15, 0.2) is 0 Å². The molecule has 0 aromatic heterocycles. The lowest BCUT2D eigenvalue weighted by Crippen LogP contribution is -2.17. The van der Waals surface area contributed by atoms with Crippen LogP contribution in [0.2, 0.25) is 0 Å². The van der Waals surface area contributed by atoms with Gasteiger partial charge >= 0.3 is 0 Å².